The Morgan fingerprint density at radius 2 is 1.89 bits per heavy atom. The molecule has 3 aromatic carbocycles. The molecule has 196 valence electrons. The van der Waals surface area contributed by atoms with E-state index in [0.29, 0.717) is 53.9 Å². The Kier molecular flexibility index (Phi) is 6.66. The predicted octanol–water partition coefficient (Wildman–Crippen LogP) is 7.64. The summed E-state index contributed by atoms with van der Waals surface area (Å²) in [7, 11) is 0. The maximum Gasteiger partial charge on any atom is 0.573 e. The van der Waals surface area contributed by atoms with E-state index in [-0.39, 0.29) is 5.75 Å². The highest BCUT2D eigenvalue weighted by Gasteiger charge is 2.31. The van der Waals surface area contributed by atoms with Gasteiger partial charge in [-0.05, 0) is 62.4 Å². The largest absolute Gasteiger partial charge is 0.573 e. The number of benzene rings is 3. The van der Waals surface area contributed by atoms with Crippen LogP contribution in [0.25, 0.3) is 27.7 Å². The molecule has 0 amide bonds. The highest BCUT2D eigenvalue weighted by Crippen LogP contribution is 2.43. The Bertz CT molecular complexity index is 1680. The van der Waals surface area contributed by atoms with Gasteiger partial charge in [-0.2, -0.15) is 0 Å². The minimum atomic E-state index is -4.85. The van der Waals surface area contributed by atoms with Gasteiger partial charge in [0.25, 0.3) is 0 Å². The van der Waals surface area contributed by atoms with Crippen molar-refractivity contribution in [3.05, 3.63) is 71.4 Å². The average Bonchev–Trinajstić information content (AvgIpc) is 3.36. The van der Waals surface area contributed by atoms with Gasteiger partial charge < -0.3 is 19.1 Å². The molecule has 0 aliphatic carbocycles. The van der Waals surface area contributed by atoms with Crippen LogP contribution in [0.2, 0.25) is 5.02 Å². The third kappa shape index (κ3) is 5.11. The molecule has 5 aromatic rings. The normalized spacial score (nSPS) is 12.7. The number of rotatable bonds is 7. The van der Waals surface area contributed by atoms with Crippen molar-refractivity contribution in [1.82, 2.24) is 9.72 Å². The van der Waals surface area contributed by atoms with E-state index in [2.05, 4.69) is 9.89 Å². The molecule has 0 spiro atoms. The second kappa shape index (κ2) is 9.80. The first-order valence-corrected chi connectivity index (χ1v) is 12.3. The molecule has 2 heterocycles. The van der Waals surface area contributed by atoms with Gasteiger partial charge in [-0.25, -0.2) is 4.79 Å². The number of fused-ring (bicyclic) bond motifs is 2. The zero-order chi connectivity index (χ0) is 27.2. The summed E-state index contributed by atoms with van der Waals surface area (Å²) in [5.41, 5.74) is 1.72. The lowest BCUT2D eigenvalue weighted by Crippen LogP contribution is -2.22. The maximum atomic E-state index is 13.0. The van der Waals surface area contributed by atoms with Crippen LogP contribution < -0.4 is 9.47 Å². The number of hydrogen-bond acceptors (Lipinski definition) is 6. The number of aliphatic carboxylic acids is 1. The van der Waals surface area contributed by atoms with Gasteiger partial charge in [0.15, 0.2) is 17.5 Å². The first-order valence-electron chi connectivity index (χ1n) is 11.1. The molecule has 12 heteroatoms. The third-order valence-corrected chi connectivity index (χ3v) is 7.11. The Hall–Kier alpha value is -3.83. The van der Waals surface area contributed by atoms with E-state index in [9.17, 15) is 18.0 Å². The zero-order valence-corrected chi connectivity index (χ0v) is 21.3. The van der Waals surface area contributed by atoms with E-state index in [1.54, 1.807) is 47.0 Å². The van der Waals surface area contributed by atoms with Gasteiger partial charge in [-0.1, -0.05) is 34.6 Å². The number of alkyl halides is 3. The topological polar surface area (TPSA) is 86.7 Å². The van der Waals surface area contributed by atoms with E-state index in [4.69, 9.17) is 26.0 Å². The number of carboxylic acid groups (broad SMARTS) is 1. The molecule has 38 heavy (non-hydrogen) atoms. The van der Waals surface area contributed by atoms with Crippen molar-refractivity contribution in [3.63, 3.8) is 0 Å². The van der Waals surface area contributed by atoms with Crippen LogP contribution in [-0.4, -0.2) is 33.3 Å². The number of nitrogens with zero attached hydrogens (tertiary/aromatic N) is 2. The van der Waals surface area contributed by atoms with Crippen molar-refractivity contribution in [2.24, 2.45) is 0 Å². The average molecular weight is 563 g/mol. The second-order valence-electron chi connectivity index (χ2n) is 8.30. The molecule has 0 aliphatic rings. The molecule has 0 bridgehead atoms. The van der Waals surface area contributed by atoms with E-state index >= 15 is 0 Å². The van der Waals surface area contributed by atoms with Gasteiger partial charge in [0.05, 0.1) is 10.9 Å². The SMILES string of the molecule is Cc1c(Sc2cccc(O[C@@H](C)C(=O)O)c2)c2cc(OC(F)(F)F)ccc2n1-c1noc2cc(Cl)ccc12. The van der Waals surface area contributed by atoms with Crippen LogP contribution in [0.3, 0.4) is 0 Å². The van der Waals surface area contributed by atoms with Crippen LogP contribution in [0, 0.1) is 6.92 Å². The summed E-state index contributed by atoms with van der Waals surface area (Å²) in [6.45, 7) is 3.23. The highest BCUT2D eigenvalue weighted by molar-refractivity contribution is 7.99. The molecule has 0 aliphatic heterocycles. The molecule has 0 unspecified atom stereocenters. The summed E-state index contributed by atoms with van der Waals surface area (Å²) in [6.07, 6.45) is -5.91. The summed E-state index contributed by atoms with van der Waals surface area (Å²) in [6, 6.07) is 15.9. The quantitative estimate of drug-likeness (QED) is 0.218. The molecule has 2 aromatic heterocycles. The zero-order valence-electron chi connectivity index (χ0n) is 19.7. The molecule has 7 nitrogen and oxygen atoms in total. The molecule has 0 fully saturated rings. The fraction of sp³-hybridized carbons (Fsp3) is 0.154. The Morgan fingerprint density at radius 1 is 1.11 bits per heavy atom. The van der Waals surface area contributed by atoms with E-state index in [1.165, 1.54) is 36.9 Å². The lowest BCUT2D eigenvalue weighted by Gasteiger charge is -2.11. The van der Waals surface area contributed by atoms with Crippen molar-refractivity contribution in [3.8, 4) is 17.3 Å². The van der Waals surface area contributed by atoms with Gasteiger partial charge in [-0.3, -0.25) is 4.57 Å². The van der Waals surface area contributed by atoms with Crippen molar-refractivity contribution < 1.29 is 37.1 Å². The number of hydrogen-bond donors (Lipinski definition) is 1. The van der Waals surface area contributed by atoms with Crippen molar-refractivity contribution in [2.75, 3.05) is 0 Å². The van der Waals surface area contributed by atoms with Crippen LogP contribution in [0.5, 0.6) is 11.5 Å². The van der Waals surface area contributed by atoms with Crippen LogP contribution in [0.1, 0.15) is 12.6 Å². The summed E-state index contributed by atoms with van der Waals surface area (Å²) in [5, 5.41) is 15.0. The standard InChI is InChI=1S/C26H18ClF3N2O5S/c1-13-23(38-18-5-3-4-16(11-18)35-14(2)25(33)34)20-12-17(36-26(28,29)30)7-9-21(20)32(13)24-19-8-6-15(27)10-22(19)37-31-24/h3-12,14H,1-2H3,(H,33,34)/t14-/m0/s1. The lowest BCUT2D eigenvalue weighted by atomic mass is 10.2. The van der Waals surface area contributed by atoms with Crippen LogP contribution >= 0.6 is 23.4 Å². The molecule has 0 saturated carbocycles. The fourth-order valence-corrected chi connectivity index (χ4v) is 5.24. The number of halogens is 4. The smallest absolute Gasteiger partial charge is 0.479 e. The molecular weight excluding hydrogens is 545 g/mol. The summed E-state index contributed by atoms with van der Waals surface area (Å²) in [4.78, 5) is 12.5. The van der Waals surface area contributed by atoms with Gasteiger partial charge in [0.1, 0.15) is 11.5 Å². The Balaban J connectivity index is 1.65. The minimum absolute atomic E-state index is 0.340. The van der Waals surface area contributed by atoms with Gasteiger partial charge in [0.2, 0.25) is 0 Å². The van der Waals surface area contributed by atoms with Gasteiger partial charge >= 0.3 is 12.3 Å². The van der Waals surface area contributed by atoms with Gasteiger partial charge in [0, 0.05) is 32.0 Å². The Labute approximate surface area is 222 Å². The van der Waals surface area contributed by atoms with Gasteiger partial charge in [-0.15, -0.1) is 13.2 Å². The molecule has 0 saturated heterocycles. The highest BCUT2D eigenvalue weighted by atomic mass is 35.5. The predicted molar refractivity (Wildman–Crippen MR) is 136 cm³/mol. The van der Waals surface area contributed by atoms with Crippen molar-refractivity contribution in [2.45, 2.75) is 36.1 Å². The monoisotopic (exact) mass is 562 g/mol. The fourth-order valence-electron chi connectivity index (χ4n) is 4.01. The molecule has 1 atom stereocenters. The summed E-state index contributed by atoms with van der Waals surface area (Å²) < 4.78 is 55.9. The number of aromatic nitrogens is 2. The number of carboxylic acids is 1. The minimum Gasteiger partial charge on any atom is -0.479 e. The van der Waals surface area contributed by atoms with Crippen molar-refractivity contribution >= 4 is 51.2 Å². The summed E-state index contributed by atoms with van der Waals surface area (Å²) >= 11 is 7.36. The van der Waals surface area contributed by atoms with Crippen LogP contribution in [0.4, 0.5) is 13.2 Å². The van der Waals surface area contributed by atoms with E-state index in [1.807, 2.05) is 6.92 Å². The molecule has 0 radical (unpaired) electrons. The summed E-state index contributed by atoms with van der Waals surface area (Å²) in [5.74, 6) is -0.692. The third-order valence-electron chi connectivity index (χ3n) is 5.66. The lowest BCUT2D eigenvalue weighted by molar-refractivity contribution is -0.274. The van der Waals surface area contributed by atoms with Crippen molar-refractivity contribution in [1.29, 1.82) is 0 Å². The first-order chi connectivity index (χ1) is 18.0. The van der Waals surface area contributed by atoms with Crippen LogP contribution in [-0.2, 0) is 4.79 Å². The Morgan fingerprint density at radius 3 is 2.63 bits per heavy atom. The molecule has 5 rings (SSSR count). The molecule has 1 N–H and O–H groups in total. The molecular formula is C26H18ClF3N2O5S. The van der Waals surface area contributed by atoms with E-state index < -0.39 is 18.4 Å². The maximum absolute atomic E-state index is 13.0. The first kappa shape index (κ1) is 25.8. The number of ether oxygens (including phenoxy) is 2. The number of carbonyl (C=O) groups is 1. The second-order valence-corrected chi connectivity index (χ2v) is 9.82. The van der Waals surface area contributed by atoms with E-state index in [0.717, 1.165) is 0 Å². The van der Waals surface area contributed by atoms with Crippen LogP contribution in [0.15, 0.2) is 75.0 Å².